The van der Waals surface area contributed by atoms with Gasteiger partial charge in [-0.25, -0.2) is 4.39 Å². The maximum atomic E-state index is 13.3. The van der Waals surface area contributed by atoms with E-state index in [2.05, 4.69) is 6.58 Å². The molecule has 0 radical (unpaired) electrons. The molecule has 0 atom stereocenters. The summed E-state index contributed by atoms with van der Waals surface area (Å²) in [6.45, 7) is 4.06. The van der Waals surface area contributed by atoms with Crippen LogP contribution in [0.25, 0.3) is 0 Å². The molecule has 0 bridgehead atoms. The molecule has 0 saturated heterocycles. The summed E-state index contributed by atoms with van der Waals surface area (Å²) in [4.78, 5) is 0. The molecular formula is C11H14BFO3. The third kappa shape index (κ3) is 3.68. The molecule has 86 valence electrons. The Kier molecular flexibility index (Phi) is 5.02. The summed E-state index contributed by atoms with van der Waals surface area (Å²) in [7, 11) is -1.80. The average molecular weight is 224 g/mol. The van der Waals surface area contributed by atoms with Crippen molar-refractivity contribution < 1.29 is 19.2 Å². The number of allylic oxidation sites excluding steroid dienone is 1. The van der Waals surface area contributed by atoms with Gasteiger partial charge in [-0.15, -0.1) is 6.58 Å². The van der Waals surface area contributed by atoms with Gasteiger partial charge in [0.05, 0.1) is 6.61 Å². The highest BCUT2D eigenvalue weighted by molar-refractivity contribution is 6.58. The maximum absolute atomic E-state index is 13.3. The zero-order valence-corrected chi connectivity index (χ0v) is 8.90. The first-order valence-corrected chi connectivity index (χ1v) is 5.04. The van der Waals surface area contributed by atoms with Crippen molar-refractivity contribution in [3.63, 3.8) is 0 Å². The first kappa shape index (κ1) is 12.7. The van der Waals surface area contributed by atoms with E-state index in [1.807, 2.05) is 0 Å². The highest BCUT2D eigenvalue weighted by Gasteiger charge is 2.16. The molecule has 16 heavy (non-hydrogen) atoms. The smallest absolute Gasteiger partial charge is 0.491 e. The van der Waals surface area contributed by atoms with Gasteiger partial charge in [0.2, 0.25) is 0 Å². The van der Waals surface area contributed by atoms with Crippen LogP contribution in [-0.2, 0) is 0 Å². The Morgan fingerprint density at radius 3 is 2.75 bits per heavy atom. The van der Waals surface area contributed by atoms with Crippen molar-refractivity contribution in [3.8, 4) is 5.75 Å². The first-order valence-electron chi connectivity index (χ1n) is 5.04. The van der Waals surface area contributed by atoms with Crippen LogP contribution in [-0.4, -0.2) is 23.8 Å². The second-order valence-corrected chi connectivity index (χ2v) is 3.34. The van der Waals surface area contributed by atoms with Crippen molar-refractivity contribution in [2.45, 2.75) is 12.8 Å². The van der Waals surface area contributed by atoms with Crippen molar-refractivity contribution >= 4 is 12.6 Å². The second kappa shape index (κ2) is 6.30. The van der Waals surface area contributed by atoms with Crippen LogP contribution in [0.15, 0.2) is 30.9 Å². The Labute approximate surface area is 94.3 Å². The van der Waals surface area contributed by atoms with E-state index in [4.69, 9.17) is 14.8 Å². The van der Waals surface area contributed by atoms with Gasteiger partial charge in [0.15, 0.2) is 0 Å². The van der Waals surface area contributed by atoms with Gasteiger partial charge >= 0.3 is 7.12 Å². The van der Waals surface area contributed by atoms with Crippen LogP contribution in [0.2, 0.25) is 0 Å². The van der Waals surface area contributed by atoms with Gasteiger partial charge in [-0.3, -0.25) is 0 Å². The SMILES string of the molecule is C=CCCCOc1ccc(B(O)O)c(F)c1. The molecule has 2 N–H and O–H groups in total. The van der Waals surface area contributed by atoms with Crippen LogP contribution in [0, 0.1) is 5.82 Å². The highest BCUT2D eigenvalue weighted by atomic mass is 19.1. The average Bonchev–Trinajstić information content (AvgIpc) is 2.24. The Balaban J connectivity index is 2.56. The summed E-state index contributed by atoms with van der Waals surface area (Å²) in [6.07, 6.45) is 3.45. The molecule has 0 unspecified atom stereocenters. The van der Waals surface area contributed by atoms with E-state index in [1.54, 1.807) is 6.08 Å². The molecule has 0 spiro atoms. The zero-order chi connectivity index (χ0) is 12.0. The fraction of sp³-hybridized carbons (Fsp3) is 0.273. The van der Waals surface area contributed by atoms with Gasteiger partial charge in [-0.2, -0.15) is 0 Å². The number of unbranched alkanes of at least 4 members (excludes halogenated alkanes) is 1. The van der Waals surface area contributed by atoms with Gasteiger partial charge in [0.1, 0.15) is 11.6 Å². The minimum absolute atomic E-state index is 0.154. The molecular weight excluding hydrogens is 210 g/mol. The fourth-order valence-electron chi connectivity index (χ4n) is 1.22. The number of halogens is 1. The van der Waals surface area contributed by atoms with E-state index >= 15 is 0 Å². The lowest BCUT2D eigenvalue weighted by atomic mass is 9.80. The van der Waals surface area contributed by atoms with Crippen LogP contribution >= 0.6 is 0 Å². The largest absolute Gasteiger partial charge is 0.493 e. The normalized spacial score (nSPS) is 9.94. The molecule has 1 aromatic rings. The van der Waals surface area contributed by atoms with Gasteiger partial charge in [-0.1, -0.05) is 12.1 Å². The zero-order valence-electron chi connectivity index (χ0n) is 8.90. The Morgan fingerprint density at radius 1 is 1.44 bits per heavy atom. The molecule has 5 heteroatoms. The monoisotopic (exact) mass is 224 g/mol. The standard InChI is InChI=1S/C11H14BFO3/c1-2-3-4-7-16-9-5-6-10(12(14)15)11(13)8-9/h2,5-6,8,14-15H,1,3-4,7H2. The van der Waals surface area contributed by atoms with Crippen LogP contribution in [0.1, 0.15) is 12.8 Å². The summed E-state index contributed by atoms with van der Waals surface area (Å²) in [6, 6.07) is 3.94. The molecule has 0 aliphatic heterocycles. The van der Waals surface area contributed by atoms with Crippen molar-refractivity contribution in [2.24, 2.45) is 0 Å². The van der Waals surface area contributed by atoms with Crippen LogP contribution in [0.3, 0.4) is 0 Å². The lowest BCUT2D eigenvalue weighted by molar-refractivity contribution is 0.310. The molecule has 0 aliphatic carbocycles. The van der Waals surface area contributed by atoms with E-state index in [1.165, 1.54) is 12.1 Å². The summed E-state index contributed by atoms with van der Waals surface area (Å²) in [5, 5.41) is 17.6. The van der Waals surface area contributed by atoms with Crippen LogP contribution < -0.4 is 10.2 Å². The second-order valence-electron chi connectivity index (χ2n) is 3.34. The van der Waals surface area contributed by atoms with Crippen molar-refractivity contribution in [1.82, 2.24) is 0 Å². The number of benzene rings is 1. The number of rotatable bonds is 6. The van der Waals surface area contributed by atoms with E-state index in [0.29, 0.717) is 12.4 Å². The molecule has 0 heterocycles. The van der Waals surface area contributed by atoms with Crippen molar-refractivity contribution in [1.29, 1.82) is 0 Å². The van der Waals surface area contributed by atoms with Crippen LogP contribution in [0.5, 0.6) is 5.75 Å². The minimum Gasteiger partial charge on any atom is -0.493 e. The summed E-state index contributed by atoms with van der Waals surface area (Å²) < 4.78 is 18.5. The predicted molar refractivity (Wildman–Crippen MR) is 61.2 cm³/mol. The predicted octanol–water partition coefficient (Wildman–Crippen LogP) is 0.851. The van der Waals surface area contributed by atoms with Gasteiger partial charge in [0, 0.05) is 11.5 Å². The number of hydrogen-bond acceptors (Lipinski definition) is 3. The van der Waals surface area contributed by atoms with Gasteiger partial charge < -0.3 is 14.8 Å². The molecule has 0 saturated carbocycles. The van der Waals surface area contributed by atoms with E-state index < -0.39 is 12.9 Å². The van der Waals surface area contributed by atoms with E-state index in [-0.39, 0.29) is 5.46 Å². The third-order valence-corrected chi connectivity index (χ3v) is 2.07. The molecule has 0 fully saturated rings. The molecule has 3 nitrogen and oxygen atoms in total. The minimum atomic E-state index is -1.80. The Bertz CT molecular complexity index is 355. The topological polar surface area (TPSA) is 49.7 Å². The van der Waals surface area contributed by atoms with Crippen molar-refractivity contribution in [2.75, 3.05) is 6.61 Å². The Morgan fingerprint density at radius 2 is 2.19 bits per heavy atom. The summed E-state index contributed by atoms with van der Waals surface area (Å²) in [5.74, 6) is -0.304. The number of hydrogen-bond donors (Lipinski definition) is 2. The van der Waals surface area contributed by atoms with Crippen molar-refractivity contribution in [3.05, 3.63) is 36.7 Å². The van der Waals surface area contributed by atoms with Gasteiger partial charge in [0.25, 0.3) is 0 Å². The van der Waals surface area contributed by atoms with E-state index in [9.17, 15) is 4.39 Å². The quantitative estimate of drug-likeness (QED) is 0.428. The molecule has 1 aromatic carbocycles. The molecule has 0 aromatic heterocycles. The highest BCUT2D eigenvalue weighted by Crippen LogP contribution is 2.11. The fourth-order valence-corrected chi connectivity index (χ4v) is 1.22. The maximum Gasteiger partial charge on any atom is 0.491 e. The Hall–Kier alpha value is -1.33. The summed E-state index contributed by atoms with van der Waals surface area (Å²) >= 11 is 0. The lowest BCUT2D eigenvalue weighted by Crippen LogP contribution is -2.32. The van der Waals surface area contributed by atoms with Crippen LogP contribution in [0.4, 0.5) is 4.39 Å². The lowest BCUT2D eigenvalue weighted by Gasteiger charge is -2.07. The third-order valence-electron chi connectivity index (χ3n) is 2.07. The van der Waals surface area contributed by atoms with E-state index in [0.717, 1.165) is 18.9 Å². The number of ether oxygens (including phenoxy) is 1. The summed E-state index contributed by atoms with van der Waals surface area (Å²) in [5.41, 5.74) is -0.154. The molecule has 0 aliphatic rings. The molecule has 1 rings (SSSR count). The molecule has 0 amide bonds. The van der Waals surface area contributed by atoms with Gasteiger partial charge in [-0.05, 0) is 18.9 Å². The first-order chi connectivity index (χ1) is 7.65.